The van der Waals surface area contributed by atoms with Gasteiger partial charge >= 0.3 is 5.97 Å². The first-order valence-corrected chi connectivity index (χ1v) is 8.36. The molecule has 0 bridgehead atoms. The summed E-state index contributed by atoms with van der Waals surface area (Å²) in [6, 6.07) is 11.6. The summed E-state index contributed by atoms with van der Waals surface area (Å²) >= 11 is 6.12. The highest BCUT2D eigenvalue weighted by molar-refractivity contribution is 6.33. The van der Waals surface area contributed by atoms with Crippen LogP contribution in [0.25, 0.3) is 0 Å². The van der Waals surface area contributed by atoms with Crippen molar-refractivity contribution >= 4 is 29.2 Å². The second-order valence-corrected chi connectivity index (χ2v) is 5.75. The quantitative estimate of drug-likeness (QED) is 0.740. The number of nitrogens with one attached hydrogen (secondary N) is 1. The zero-order valence-electron chi connectivity index (χ0n) is 14.7. The molecule has 7 heteroatoms. The number of hydrogen-bond donors (Lipinski definition) is 1. The van der Waals surface area contributed by atoms with Gasteiger partial charge in [0.25, 0.3) is 5.91 Å². The van der Waals surface area contributed by atoms with Gasteiger partial charge < -0.3 is 19.5 Å². The van der Waals surface area contributed by atoms with Crippen molar-refractivity contribution < 1.29 is 23.8 Å². The lowest BCUT2D eigenvalue weighted by molar-refractivity contribution is -0.122. The molecule has 1 atom stereocenters. The molecule has 2 rings (SSSR count). The normalized spacial score (nSPS) is 11.4. The van der Waals surface area contributed by atoms with E-state index in [0.717, 1.165) is 0 Å². The molecule has 0 saturated heterocycles. The van der Waals surface area contributed by atoms with Gasteiger partial charge in [-0.25, -0.2) is 4.79 Å². The van der Waals surface area contributed by atoms with E-state index in [-0.39, 0.29) is 11.5 Å². The molecule has 0 aliphatic rings. The van der Waals surface area contributed by atoms with Crippen LogP contribution in [0.4, 0.5) is 5.69 Å². The highest BCUT2D eigenvalue weighted by Crippen LogP contribution is 2.28. The second kappa shape index (κ2) is 9.10. The Morgan fingerprint density at radius 1 is 1.12 bits per heavy atom. The van der Waals surface area contributed by atoms with Crippen molar-refractivity contribution in [3.63, 3.8) is 0 Å². The molecule has 0 saturated carbocycles. The maximum atomic E-state index is 12.6. The fraction of sp³-hybridized carbons (Fsp3) is 0.263. The molecule has 2 aromatic rings. The molecule has 0 heterocycles. The minimum Gasteiger partial charge on any atom is -0.493 e. The van der Waals surface area contributed by atoms with Crippen LogP contribution in [0.3, 0.4) is 0 Å². The van der Waals surface area contributed by atoms with E-state index in [4.69, 9.17) is 21.1 Å². The highest BCUT2D eigenvalue weighted by Gasteiger charge is 2.21. The fourth-order valence-electron chi connectivity index (χ4n) is 2.27. The predicted octanol–water partition coefficient (Wildman–Crippen LogP) is 3.93. The Balaban J connectivity index is 2.18. The number of ether oxygens (including phenoxy) is 3. The number of methoxy groups -OCH3 is 2. The lowest BCUT2D eigenvalue weighted by atomic mass is 10.2. The maximum absolute atomic E-state index is 12.6. The Morgan fingerprint density at radius 2 is 1.81 bits per heavy atom. The minimum absolute atomic E-state index is 0.283. The molecular formula is C19H20ClNO5. The second-order valence-electron chi connectivity index (χ2n) is 5.34. The van der Waals surface area contributed by atoms with Crippen LogP contribution in [0.1, 0.15) is 23.7 Å². The lowest BCUT2D eigenvalue weighted by Gasteiger charge is -2.19. The van der Waals surface area contributed by atoms with E-state index in [1.807, 2.05) is 13.0 Å². The van der Waals surface area contributed by atoms with Gasteiger partial charge in [0, 0.05) is 0 Å². The molecule has 26 heavy (non-hydrogen) atoms. The third-order valence-electron chi connectivity index (χ3n) is 3.65. The van der Waals surface area contributed by atoms with Crippen LogP contribution < -0.4 is 14.8 Å². The summed E-state index contributed by atoms with van der Waals surface area (Å²) in [6.07, 6.45) is -0.331. The third-order valence-corrected chi connectivity index (χ3v) is 3.98. The Hall–Kier alpha value is -2.73. The molecule has 0 fully saturated rings. The number of hydrogen-bond acceptors (Lipinski definition) is 5. The van der Waals surface area contributed by atoms with E-state index in [2.05, 4.69) is 10.1 Å². The summed E-state index contributed by atoms with van der Waals surface area (Å²) in [5.41, 5.74) is 0.590. The average molecular weight is 378 g/mol. The molecule has 1 amide bonds. The van der Waals surface area contributed by atoms with E-state index >= 15 is 0 Å². The van der Waals surface area contributed by atoms with Crippen molar-refractivity contribution in [2.24, 2.45) is 0 Å². The summed E-state index contributed by atoms with van der Waals surface area (Å²) in [5, 5.41) is 3.00. The van der Waals surface area contributed by atoms with Crippen LogP contribution in [0.2, 0.25) is 5.02 Å². The highest BCUT2D eigenvalue weighted by atomic mass is 35.5. The number of carbonyl (C=O) groups excluding carboxylic acids is 2. The number of esters is 1. The van der Waals surface area contributed by atoms with Gasteiger partial charge in [0.1, 0.15) is 0 Å². The van der Waals surface area contributed by atoms with Crippen molar-refractivity contribution in [1.29, 1.82) is 0 Å². The molecule has 0 unspecified atom stereocenters. The summed E-state index contributed by atoms with van der Waals surface area (Å²) in [6.45, 7) is 1.83. The molecule has 6 nitrogen and oxygen atoms in total. The van der Waals surface area contributed by atoms with Crippen LogP contribution in [-0.2, 0) is 9.53 Å². The van der Waals surface area contributed by atoms with Gasteiger partial charge in [-0.15, -0.1) is 0 Å². The third kappa shape index (κ3) is 4.67. The Bertz CT molecular complexity index is 793. The molecule has 0 radical (unpaired) electrons. The molecule has 0 aliphatic heterocycles. The molecule has 1 N–H and O–H groups in total. The summed E-state index contributed by atoms with van der Waals surface area (Å²) in [4.78, 5) is 24.2. The van der Waals surface area contributed by atoms with Gasteiger partial charge in [-0.3, -0.25) is 4.79 Å². The first kappa shape index (κ1) is 19.6. The largest absolute Gasteiger partial charge is 0.493 e. The number of amides is 1. The Morgan fingerprint density at radius 3 is 2.42 bits per heavy atom. The van der Waals surface area contributed by atoms with Crippen molar-refractivity contribution in [3.8, 4) is 11.5 Å². The van der Waals surface area contributed by atoms with Crippen molar-refractivity contribution in [3.05, 3.63) is 53.1 Å². The van der Waals surface area contributed by atoms with Crippen molar-refractivity contribution in [2.45, 2.75) is 19.4 Å². The molecular weight excluding hydrogens is 358 g/mol. The zero-order chi connectivity index (χ0) is 19.1. The Labute approximate surface area is 157 Å². The summed E-state index contributed by atoms with van der Waals surface area (Å²) < 4.78 is 15.7. The number of benzene rings is 2. The SMILES string of the molecule is CC[C@@H](Oc1ccccc1OC)C(=O)Nc1cc(C(=O)OC)ccc1Cl. The smallest absolute Gasteiger partial charge is 0.337 e. The lowest BCUT2D eigenvalue weighted by Crippen LogP contribution is -2.32. The van der Waals surface area contributed by atoms with Crippen molar-refractivity contribution in [2.75, 3.05) is 19.5 Å². The van der Waals surface area contributed by atoms with Crippen LogP contribution in [-0.4, -0.2) is 32.2 Å². The van der Waals surface area contributed by atoms with E-state index in [1.54, 1.807) is 18.2 Å². The van der Waals surface area contributed by atoms with Gasteiger partial charge in [0.2, 0.25) is 0 Å². The minimum atomic E-state index is -0.760. The average Bonchev–Trinajstić information content (AvgIpc) is 2.67. The first-order chi connectivity index (χ1) is 12.5. The maximum Gasteiger partial charge on any atom is 0.337 e. The Kier molecular flexibility index (Phi) is 6.86. The predicted molar refractivity (Wildman–Crippen MR) is 99.1 cm³/mol. The first-order valence-electron chi connectivity index (χ1n) is 7.98. The topological polar surface area (TPSA) is 73.9 Å². The number of carbonyl (C=O) groups is 2. The number of para-hydroxylation sites is 2. The molecule has 0 aromatic heterocycles. The van der Waals surface area contributed by atoms with E-state index in [9.17, 15) is 9.59 Å². The van der Waals surface area contributed by atoms with E-state index < -0.39 is 12.1 Å². The summed E-state index contributed by atoms with van der Waals surface area (Å²) in [7, 11) is 2.81. The number of rotatable bonds is 7. The van der Waals surface area contributed by atoms with E-state index in [1.165, 1.54) is 32.4 Å². The van der Waals surface area contributed by atoms with Gasteiger partial charge in [-0.05, 0) is 36.8 Å². The van der Waals surface area contributed by atoms with Crippen LogP contribution in [0.5, 0.6) is 11.5 Å². The van der Waals surface area contributed by atoms with Gasteiger partial charge in [-0.2, -0.15) is 0 Å². The number of halogens is 1. The monoisotopic (exact) mass is 377 g/mol. The molecule has 2 aromatic carbocycles. The molecule has 0 aliphatic carbocycles. The van der Waals surface area contributed by atoms with Crippen LogP contribution in [0, 0.1) is 0 Å². The molecule has 0 spiro atoms. The van der Waals surface area contributed by atoms with Crippen LogP contribution >= 0.6 is 11.6 Å². The van der Waals surface area contributed by atoms with Gasteiger partial charge in [0.15, 0.2) is 17.6 Å². The number of anilines is 1. The zero-order valence-corrected chi connectivity index (χ0v) is 15.5. The standard InChI is InChI=1S/C19H20ClNO5/c1-4-15(26-17-8-6-5-7-16(17)24-2)18(22)21-14-11-12(19(23)25-3)9-10-13(14)20/h5-11,15H,4H2,1-3H3,(H,21,22)/t15-/m1/s1. The van der Waals surface area contributed by atoms with E-state index in [0.29, 0.717) is 28.6 Å². The van der Waals surface area contributed by atoms with Gasteiger partial charge in [0.05, 0.1) is 30.5 Å². The van der Waals surface area contributed by atoms with Crippen LogP contribution in [0.15, 0.2) is 42.5 Å². The molecule has 138 valence electrons. The van der Waals surface area contributed by atoms with Gasteiger partial charge in [-0.1, -0.05) is 30.7 Å². The van der Waals surface area contributed by atoms with Crippen molar-refractivity contribution in [1.82, 2.24) is 0 Å². The summed E-state index contributed by atoms with van der Waals surface area (Å²) in [5.74, 6) is 0.0904. The fourth-order valence-corrected chi connectivity index (χ4v) is 2.44.